The number of para-hydroxylation sites is 1. The summed E-state index contributed by atoms with van der Waals surface area (Å²) in [6, 6.07) is 22.1. The van der Waals surface area contributed by atoms with E-state index in [9.17, 15) is 9.59 Å². The van der Waals surface area contributed by atoms with Gasteiger partial charge in [-0.1, -0.05) is 36.4 Å². The van der Waals surface area contributed by atoms with Crippen LogP contribution in [0.2, 0.25) is 0 Å². The molecule has 0 aromatic heterocycles. The molecule has 0 fully saturated rings. The summed E-state index contributed by atoms with van der Waals surface area (Å²) < 4.78 is 0. The molecule has 0 heterocycles. The van der Waals surface area contributed by atoms with Crippen LogP contribution in [0.3, 0.4) is 0 Å². The standard InChI is InChI=1S/C23H22N2O2/c1-16-12-13-17(2)21(14-16)24-22(26)18-8-7-9-19(15-18)23(27)25(3)20-10-5-4-6-11-20/h4-15H,1-3H3,(H,24,26). The van der Waals surface area contributed by atoms with Crippen molar-refractivity contribution in [3.63, 3.8) is 0 Å². The zero-order valence-electron chi connectivity index (χ0n) is 15.7. The van der Waals surface area contributed by atoms with Crippen LogP contribution in [-0.4, -0.2) is 18.9 Å². The van der Waals surface area contributed by atoms with Crippen LogP contribution in [0.5, 0.6) is 0 Å². The number of aryl methyl sites for hydroxylation is 2. The molecule has 0 aliphatic heterocycles. The number of anilines is 2. The van der Waals surface area contributed by atoms with Crippen molar-refractivity contribution in [2.75, 3.05) is 17.3 Å². The third kappa shape index (κ3) is 4.23. The maximum absolute atomic E-state index is 12.8. The van der Waals surface area contributed by atoms with Gasteiger partial charge in [0, 0.05) is 29.5 Å². The summed E-state index contributed by atoms with van der Waals surface area (Å²) in [7, 11) is 1.72. The van der Waals surface area contributed by atoms with Crippen molar-refractivity contribution in [3.05, 3.63) is 95.1 Å². The van der Waals surface area contributed by atoms with Gasteiger partial charge in [0.2, 0.25) is 0 Å². The van der Waals surface area contributed by atoms with E-state index in [1.165, 1.54) is 0 Å². The predicted molar refractivity (Wildman–Crippen MR) is 109 cm³/mol. The molecule has 3 aromatic carbocycles. The summed E-state index contributed by atoms with van der Waals surface area (Å²) in [4.78, 5) is 27.0. The molecule has 0 atom stereocenters. The van der Waals surface area contributed by atoms with Crippen LogP contribution < -0.4 is 10.2 Å². The smallest absolute Gasteiger partial charge is 0.258 e. The van der Waals surface area contributed by atoms with Gasteiger partial charge in [-0.3, -0.25) is 9.59 Å². The summed E-state index contributed by atoms with van der Waals surface area (Å²) in [6.07, 6.45) is 0. The molecule has 0 aliphatic rings. The third-order valence-corrected chi connectivity index (χ3v) is 4.46. The lowest BCUT2D eigenvalue weighted by atomic mass is 10.1. The van der Waals surface area contributed by atoms with Crippen molar-refractivity contribution < 1.29 is 9.59 Å². The van der Waals surface area contributed by atoms with Gasteiger partial charge in [0.25, 0.3) is 11.8 Å². The number of hydrogen-bond acceptors (Lipinski definition) is 2. The molecule has 27 heavy (non-hydrogen) atoms. The van der Waals surface area contributed by atoms with Crippen molar-refractivity contribution in [2.24, 2.45) is 0 Å². The Hall–Kier alpha value is -3.40. The molecule has 136 valence electrons. The minimum atomic E-state index is -0.235. The zero-order chi connectivity index (χ0) is 19.4. The topological polar surface area (TPSA) is 49.4 Å². The van der Waals surface area contributed by atoms with E-state index < -0.39 is 0 Å². The van der Waals surface area contributed by atoms with Crippen LogP contribution in [-0.2, 0) is 0 Å². The van der Waals surface area contributed by atoms with Crippen LogP contribution in [0.4, 0.5) is 11.4 Å². The van der Waals surface area contributed by atoms with Crippen molar-refractivity contribution in [2.45, 2.75) is 13.8 Å². The Morgan fingerprint density at radius 2 is 1.52 bits per heavy atom. The molecule has 0 saturated carbocycles. The van der Waals surface area contributed by atoms with E-state index >= 15 is 0 Å². The van der Waals surface area contributed by atoms with Gasteiger partial charge < -0.3 is 10.2 Å². The first-order valence-corrected chi connectivity index (χ1v) is 8.77. The highest BCUT2D eigenvalue weighted by Gasteiger charge is 2.16. The number of amides is 2. The molecule has 3 rings (SSSR count). The average Bonchev–Trinajstić information content (AvgIpc) is 2.70. The number of benzene rings is 3. The number of rotatable bonds is 4. The maximum atomic E-state index is 12.8. The Morgan fingerprint density at radius 1 is 0.815 bits per heavy atom. The summed E-state index contributed by atoms with van der Waals surface area (Å²) in [5.41, 5.74) is 4.55. The molecular weight excluding hydrogens is 336 g/mol. The highest BCUT2D eigenvalue weighted by molar-refractivity contribution is 6.09. The molecule has 0 spiro atoms. The van der Waals surface area contributed by atoms with Crippen molar-refractivity contribution in [1.29, 1.82) is 0 Å². The first-order chi connectivity index (χ1) is 13.0. The second kappa shape index (κ2) is 7.87. The van der Waals surface area contributed by atoms with E-state index in [1.54, 1.807) is 36.2 Å². The fourth-order valence-electron chi connectivity index (χ4n) is 2.82. The average molecular weight is 358 g/mol. The molecule has 3 aromatic rings. The molecule has 0 aliphatic carbocycles. The van der Waals surface area contributed by atoms with Gasteiger partial charge in [-0.25, -0.2) is 0 Å². The summed E-state index contributed by atoms with van der Waals surface area (Å²) in [5.74, 6) is -0.400. The molecule has 1 N–H and O–H groups in total. The van der Waals surface area contributed by atoms with Crippen LogP contribution >= 0.6 is 0 Å². The minimum Gasteiger partial charge on any atom is -0.322 e. The van der Waals surface area contributed by atoms with Gasteiger partial charge in [-0.05, 0) is 61.4 Å². The lowest BCUT2D eigenvalue weighted by molar-refractivity contribution is 0.0993. The summed E-state index contributed by atoms with van der Waals surface area (Å²) in [6.45, 7) is 3.93. The molecule has 0 radical (unpaired) electrons. The fourth-order valence-corrected chi connectivity index (χ4v) is 2.82. The fraction of sp³-hybridized carbons (Fsp3) is 0.130. The van der Waals surface area contributed by atoms with E-state index in [1.807, 2.05) is 62.4 Å². The largest absolute Gasteiger partial charge is 0.322 e. The van der Waals surface area contributed by atoms with Crippen LogP contribution in [0.25, 0.3) is 0 Å². The Morgan fingerprint density at radius 3 is 2.26 bits per heavy atom. The lowest BCUT2D eigenvalue weighted by Crippen LogP contribution is -2.26. The SMILES string of the molecule is Cc1ccc(C)c(NC(=O)c2cccc(C(=O)N(C)c3ccccc3)c2)c1. The number of carbonyl (C=O) groups excluding carboxylic acids is 2. The molecular formula is C23H22N2O2. The first kappa shape index (κ1) is 18.4. The Balaban J connectivity index is 1.81. The van der Waals surface area contributed by atoms with E-state index in [4.69, 9.17) is 0 Å². The van der Waals surface area contributed by atoms with Crippen molar-refractivity contribution >= 4 is 23.2 Å². The van der Waals surface area contributed by atoms with E-state index in [0.717, 1.165) is 22.5 Å². The van der Waals surface area contributed by atoms with Gasteiger partial charge in [0.15, 0.2) is 0 Å². The summed E-state index contributed by atoms with van der Waals surface area (Å²) in [5, 5.41) is 2.93. The Kier molecular flexibility index (Phi) is 5.36. The number of nitrogens with zero attached hydrogens (tertiary/aromatic N) is 1. The first-order valence-electron chi connectivity index (χ1n) is 8.77. The van der Waals surface area contributed by atoms with Gasteiger partial charge in [0.1, 0.15) is 0 Å². The highest BCUT2D eigenvalue weighted by atomic mass is 16.2. The molecule has 4 heteroatoms. The molecule has 0 saturated heterocycles. The van der Waals surface area contributed by atoms with Crippen LogP contribution in [0, 0.1) is 13.8 Å². The molecule has 0 unspecified atom stereocenters. The van der Waals surface area contributed by atoms with E-state index in [0.29, 0.717) is 11.1 Å². The second-order valence-corrected chi connectivity index (χ2v) is 6.55. The number of nitrogens with one attached hydrogen (secondary N) is 1. The number of carbonyl (C=O) groups is 2. The quantitative estimate of drug-likeness (QED) is 0.726. The van der Waals surface area contributed by atoms with Crippen LogP contribution in [0.15, 0.2) is 72.8 Å². The molecule has 2 amide bonds. The molecule has 0 bridgehead atoms. The van der Waals surface area contributed by atoms with Gasteiger partial charge in [0.05, 0.1) is 0 Å². The molecule has 4 nitrogen and oxygen atoms in total. The highest BCUT2D eigenvalue weighted by Crippen LogP contribution is 2.19. The monoisotopic (exact) mass is 358 g/mol. The minimum absolute atomic E-state index is 0.164. The van der Waals surface area contributed by atoms with Gasteiger partial charge in [-0.2, -0.15) is 0 Å². The normalized spacial score (nSPS) is 10.3. The van der Waals surface area contributed by atoms with Crippen LogP contribution in [0.1, 0.15) is 31.8 Å². The van der Waals surface area contributed by atoms with Gasteiger partial charge >= 0.3 is 0 Å². The third-order valence-electron chi connectivity index (χ3n) is 4.46. The maximum Gasteiger partial charge on any atom is 0.258 e. The lowest BCUT2D eigenvalue weighted by Gasteiger charge is -2.17. The zero-order valence-corrected chi connectivity index (χ0v) is 15.7. The van der Waals surface area contributed by atoms with Crippen molar-refractivity contribution in [3.8, 4) is 0 Å². The van der Waals surface area contributed by atoms with E-state index in [-0.39, 0.29) is 11.8 Å². The number of hydrogen-bond donors (Lipinski definition) is 1. The van der Waals surface area contributed by atoms with Gasteiger partial charge in [-0.15, -0.1) is 0 Å². The van der Waals surface area contributed by atoms with E-state index in [2.05, 4.69) is 5.32 Å². The second-order valence-electron chi connectivity index (χ2n) is 6.55. The Labute approximate surface area is 159 Å². The Bertz CT molecular complexity index is 981. The predicted octanol–water partition coefficient (Wildman–Crippen LogP) is 4.83. The van der Waals surface area contributed by atoms with Crippen molar-refractivity contribution in [1.82, 2.24) is 0 Å². The summed E-state index contributed by atoms with van der Waals surface area (Å²) >= 11 is 0.